The summed E-state index contributed by atoms with van der Waals surface area (Å²) in [6, 6.07) is 5.96. The van der Waals surface area contributed by atoms with Crippen LogP contribution in [0.25, 0.3) is 26.8 Å². The average Bonchev–Trinajstić information content (AvgIpc) is 3.45. The van der Waals surface area contributed by atoms with Crippen molar-refractivity contribution in [2.75, 3.05) is 0 Å². The van der Waals surface area contributed by atoms with E-state index >= 15 is 0 Å². The molecule has 3 aromatic heterocycles. The molecule has 0 unspecified atom stereocenters. The molecule has 2 aliphatic carbocycles. The Morgan fingerprint density at radius 1 is 1.13 bits per heavy atom. The van der Waals surface area contributed by atoms with E-state index < -0.39 is 0 Å². The number of hydrogen-bond donors (Lipinski definition) is 1. The molecule has 3 heterocycles. The zero-order valence-corrected chi connectivity index (χ0v) is 18.0. The summed E-state index contributed by atoms with van der Waals surface area (Å²) >= 11 is 1.60. The molecule has 1 saturated carbocycles. The van der Waals surface area contributed by atoms with Gasteiger partial charge in [0.15, 0.2) is 0 Å². The van der Waals surface area contributed by atoms with E-state index in [0.717, 1.165) is 64.7 Å². The average molecular weight is 420 g/mol. The van der Waals surface area contributed by atoms with E-state index in [-0.39, 0.29) is 11.2 Å². The van der Waals surface area contributed by atoms with Crippen LogP contribution in [0.4, 0.5) is 0 Å². The zero-order valence-electron chi connectivity index (χ0n) is 17.2. The molecule has 1 N–H and O–H groups in total. The van der Waals surface area contributed by atoms with Crippen LogP contribution in [0, 0.1) is 5.92 Å². The Balaban J connectivity index is 1.57. The smallest absolute Gasteiger partial charge is 0.334 e. The van der Waals surface area contributed by atoms with Crippen LogP contribution in [-0.2, 0) is 26.3 Å². The zero-order chi connectivity index (χ0) is 20.4. The third-order valence-corrected chi connectivity index (χ3v) is 7.99. The lowest BCUT2D eigenvalue weighted by atomic mass is 10.1. The van der Waals surface area contributed by atoms with Gasteiger partial charge in [0, 0.05) is 29.0 Å². The standard InChI is InChI=1S/C24H25N3O2S/c1-26-13-15(11-14-7-8-14)18-12-16(9-10-19(18)26)27-23(28)21-17-5-3-2-4-6-20(17)30-22(21)25-24(27)29/h9-10,12-14H,2-8,11H2,1H3,(H,25,29). The number of benzene rings is 1. The van der Waals surface area contributed by atoms with Gasteiger partial charge >= 0.3 is 5.69 Å². The molecule has 1 aromatic carbocycles. The van der Waals surface area contributed by atoms with Crippen molar-refractivity contribution < 1.29 is 0 Å². The van der Waals surface area contributed by atoms with Crippen molar-refractivity contribution in [1.82, 2.24) is 14.1 Å². The molecule has 1 fully saturated rings. The van der Waals surface area contributed by atoms with Gasteiger partial charge in [-0.25, -0.2) is 9.36 Å². The number of rotatable bonds is 3. The van der Waals surface area contributed by atoms with Crippen LogP contribution < -0.4 is 11.2 Å². The second-order valence-electron chi connectivity index (χ2n) is 8.95. The SMILES string of the molecule is Cn1cc(CC2CC2)c2cc(-n3c(=O)[nH]c4sc5c(c4c3=O)CCCCC5)ccc21. The molecule has 0 saturated heterocycles. The van der Waals surface area contributed by atoms with E-state index in [9.17, 15) is 9.59 Å². The fraction of sp³-hybridized carbons (Fsp3) is 0.417. The minimum absolute atomic E-state index is 0.174. The molecule has 0 amide bonds. The van der Waals surface area contributed by atoms with Crippen LogP contribution in [0.15, 0.2) is 34.0 Å². The molecule has 0 radical (unpaired) electrons. The summed E-state index contributed by atoms with van der Waals surface area (Å²) in [6.45, 7) is 0. The molecule has 2 aliphatic rings. The molecule has 6 heteroatoms. The number of nitrogens with zero attached hydrogens (tertiary/aromatic N) is 2. The lowest BCUT2D eigenvalue weighted by molar-refractivity contribution is 0.713. The highest BCUT2D eigenvalue weighted by atomic mass is 32.1. The Hall–Kier alpha value is -2.60. The summed E-state index contributed by atoms with van der Waals surface area (Å²) in [4.78, 5) is 31.5. The summed E-state index contributed by atoms with van der Waals surface area (Å²) in [6.07, 6.45) is 11.3. The minimum atomic E-state index is -0.345. The van der Waals surface area contributed by atoms with Gasteiger partial charge in [-0.3, -0.25) is 9.78 Å². The number of aromatic amines is 1. The first-order valence-corrected chi connectivity index (χ1v) is 11.8. The summed E-state index contributed by atoms with van der Waals surface area (Å²) in [7, 11) is 2.06. The first kappa shape index (κ1) is 18.2. The highest BCUT2D eigenvalue weighted by Gasteiger charge is 2.24. The first-order chi connectivity index (χ1) is 14.6. The molecule has 154 valence electrons. The molecule has 0 atom stereocenters. The number of H-pyrrole nitrogens is 1. The van der Waals surface area contributed by atoms with Crippen LogP contribution in [0.5, 0.6) is 0 Å². The quantitative estimate of drug-likeness (QED) is 0.499. The molecule has 0 aliphatic heterocycles. The second kappa shape index (κ2) is 6.71. The fourth-order valence-corrected chi connectivity index (χ4v) is 6.32. The largest absolute Gasteiger partial charge is 0.350 e. The molecule has 5 nitrogen and oxygen atoms in total. The van der Waals surface area contributed by atoms with Crippen molar-refractivity contribution in [1.29, 1.82) is 0 Å². The Bertz CT molecular complexity index is 1410. The van der Waals surface area contributed by atoms with Gasteiger partial charge in [0.05, 0.1) is 11.1 Å². The summed E-state index contributed by atoms with van der Waals surface area (Å²) in [5.74, 6) is 0.781. The van der Waals surface area contributed by atoms with Gasteiger partial charge in [-0.1, -0.05) is 6.42 Å². The first-order valence-electron chi connectivity index (χ1n) is 11.0. The summed E-state index contributed by atoms with van der Waals surface area (Å²) < 4.78 is 3.49. The van der Waals surface area contributed by atoms with Crippen molar-refractivity contribution in [2.24, 2.45) is 13.0 Å². The highest BCUT2D eigenvalue weighted by Crippen LogP contribution is 2.36. The monoisotopic (exact) mass is 419 g/mol. The Morgan fingerprint density at radius 3 is 2.80 bits per heavy atom. The highest BCUT2D eigenvalue weighted by molar-refractivity contribution is 7.18. The molecular weight excluding hydrogens is 394 g/mol. The van der Waals surface area contributed by atoms with Gasteiger partial charge in [-0.05, 0) is 80.2 Å². The number of aromatic nitrogens is 3. The number of fused-ring (bicyclic) bond motifs is 4. The van der Waals surface area contributed by atoms with Gasteiger partial charge in [-0.2, -0.15) is 0 Å². The van der Waals surface area contributed by atoms with Crippen LogP contribution in [0.2, 0.25) is 0 Å². The Kier molecular flexibility index (Phi) is 4.07. The topological polar surface area (TPSA) is 59.8 Å². The van der Waals surface area contributed by atoms with Crippen LogP contribution in [0.3, 0.4) is 0 Å². The van der Waals surface area contributed by atoms with Gasteiger partial charge in [0.1, 0.15) is 4.83 Å². The fourth-order valence-electron chi connectivity index (χ4n) is 5.04. The molecule has 4 aromatic rings. The predicted molar refractivity (Wildman–Crippen MR) is 122 cm³/mol. The number of hydrogen-bond acceptors (Lipinski definition) is 3. The molecule has 0 bridgehead atoms. The van der Waals surface area contributed by atoms with Gasteiger partial charge in [0.25, 0.3) is 5.56 Å². The van der Waals surface area contributed by atoms with E-state index in [1.807, 2.05) is 18.2 Å². The van der Waals surface area contributed by atoms with Crippen molar-refractivity contribution >= 4 is 32.5 Å². The lowest BCUT2D eigenvalue weighted by Gasteiger charge is -2.07. The number of nitrogens with one attached hydrogen (secondary N) is 1. The van der Waals surface area contributed by atoms with Crippen molar-refractivity contribution in [3.05, 3.63) is 61.2 Å². The maximum atomic E-state index is 13.6. The Morgan fingerprint density at radius 2 is 1.97 bits per heavy atom. The van der Waals surface area contributed by atoms with Crippen molar-refractivity contribution in [3.8, 4) is 5.69 Å². The van der Waals surface area contributed by atoms with E-state index in [0.29, 0.717) is 5.69 Å². The van der Waals surface area contributed by atoms with E-state index in [2.05, 4.69) is 22.8 Å². The van der Waals surface area contributed by atoms with E-state index in [1.54, 1.807) is 11.3 Å². The van der Waals surface area contributed by atoms with E-state index in [4.69, 9.17) is 0 Å². The molecular formula is C24H25N3O2S. The number of thiophene rings is 1. The molecule has 30 heavy (non-hydrogen) atoms. The van der Waals surface area contributed by atoms with Gasteiger partial charge < -0.3 is 4.57 Å². The maximum Gasteiger partial charge on any atom is 0.334 e. The van der Waals surface area contributed by atoms with Crippen LogP contribution in [0.1, 0.15) is 48.1 Å². The summed E-state index contributed by atoms with van der Waals surface area (Å²) in [5, 5.41) is 1.88. The molecule has 0 spiro atoms. The third kappa shape index (κ3) is 2.81. The summed E-state index contributed by atoms with van der Waals surface area (Å²) in [5.41, 5.74) is 3.76. The third-order valence-electron chi connectivity index (χ3n) is 6.78. The van der Waals surface area contributed by atoms with Crippen LogP contribution in [-0.4, -0.2) is 14.1 Å². The lowest BCUT2D eigenvalue weighted by Crippen LogP contribution is -2.33. The predicted octanol–water partition coefficient (Wildman–Crippen LogP) is 4.45. The number of aryl methyl sites for hydroxylation is 3. The Labute approximate surface area is 178 Å². The maximum absolute atomic E-state index is 13.6. The van der Waals surface area contributed by atoms with Crippen LogP contribution >= 0.6 is 11.3 Å². The molecule has 6 rings (SSSR count). The normalized spacial score (nSPS) is 16.8. The van der Waals surface area contributed by atoms with E-state index in [1.165, 1.54) is 34.3 Å². The van der Waals surface area contributed by atoms with Crippen molar-refractivity contribution in [2.45, 2.75) is 51.4 Å². The second-order valence-corrected chi connectivity index (χ2v) is 10.1. The van der Waals surface area contributed by atoms with Gasteiger partial charge in [-0.15, -0.1) is 11.3 Å². The van der Waals surface area contributed by atoms with Gasteiger partial charge in [0.2, 0.25) is 0 Å². The minimum Gasteiger partial charge on any atom is -0.350 e. The van der Waals surface area contributed by atoms with Crippen molar-refractivity contribution in [3.63, 3.8) is 0 Å².